The molecule has 2 aliphatic heterocycles. The van der Waals surface area contributed by atoms with Gasteiger partial charge < -0.3 is 24.1 Å². The van der Waals surface area contributed by atoms with Crippen LogP contribution in [0, 0.1) is 0 Å². The van der Waals surface area contributed by atoms with Gasteiger partial charge in [0.2, 0.25) is 6.79 Å². The van der Waals surface area contributed by atoms with Crippen molar-refractivity contribution in [3.8, 4) is 23.0 Å². The molecule has 7 nitrogen and oxygen atoms in total. The lowest BCUT2D eigenvalue weighted by Gasteiger charge is -2.06. The van der Waals surface area contributed by atoms with Crippen LogP contribution < -0.4 is 14.8 Å². The molecule has 1 atom stereocenters. The van der Waals surface area contributed by atoms with E-state index in [9.17, 15) is 0 Å². The fourth-order valence-electron chi connectivity index (χ4n) is 2.40. The van der Waals surface area contributed by atoms with Crippen molar-refractivity contribution in [1.29, 1.82) is 0 Å². The van der Waals surface area contributed by atoms with E-state index >= 15 is 0 Å². The van der Waals surface area contributed by atoms with Crippen molar-refractivity contribution in [3.63, 3.8) is 0 Å². The smallest absolute Gasteiger partial charge is 0.258 e. The highest BCUT2D eigenvalue weighted by Gasteiger charge is 2.18. The van der Waals surface area contributed by atoms with Gasteiger partial charge in [-0.05, 0) is 24.6 Å². The Balaban J connectivity index is 1.46. The monoisotopic (exact) mass is 289 g/mol. The Kier molecular flexibility index (Phi) is 3.21. The molecular formula is C14H15N3O4. The number of hydrogen-bond donors (Lipinski definition) is 1. The van der Waals surface area contributed by atoms with E-state index in [2.05, 4.69) is 15.5 Å². The Hall–Kier alpha value is -2.12. The second kappa shape index (κ2) is 5.34. The van der Waals surface area contributed by atoms with Crippen LogP contribution in [0.15, 0.2) is 22.7 Å². The van der Waals surface area contributed by atoms with Crippen molar-refractivity contribution in [2.24, 2.45) is 0 Å². The molecule has 21 heavy (non-hydrogen) atoms. The Bertz CT molecular complexity index is 637. The van der Waals surface area contributed by atoms with Gasteiger partial charge in [0, 0.05) is 18.2 Å². The second-order valence-electron chi connectivity index (χ2n) is 5.03. The predicted octanol–water partition coefficient (Wildman–Crippen LogP) is 1.34. The summed E-state index contributed by atoms with van der Waals surface area (Å²) in [6.07, 6.45) is 1.02. The van der Waals surface area contributed by atoms with Crippen molar-refractivity contribution < 1.29 is 18.7 Å². The van der Waals surface area contributed by atoms with Gasteiger partial charge in [-0.1, -0.05) is 5.16 Å². The minimum Gasteiger partial charge on any atom is -0.454 e. The van der Waals surface area contributed by atoms with Gasteiger partial charge in [-0.15, -0.1) is 0 Å². The van der Waals surface area contributed by atoms with Gasteiger partial charge in [-0.3, -0.25) is 0 Å². The molecule has 0 aliphatic carbocycles. The quantitative estimate of drug-likeness (QED) is 0.910. The summed E-state index contributed by atoms with van der Waals surface area (Å²) in [5.74, 6) is 2.55. The van der Waals surface area contributed by atoms with Crippen LogP contribution in [0.2, 0.25) is 0 Å². The van der Waals surface area contributed by atoms with E-state index in [0.717, 1.165) is 30.9 Å². The average Bonchev–Trinajstić information content (AvgIpc) is 3.25. The molecule has 2 aromatic rings. The van der Waals surface area contributed by atoms with Crippen molar-refractivity contribution in [2.45, 2.75) is 19.0 Å². The Morgan fingerprint density at radius 1 is 1.24 bits per heavy atom. The average molecular weight is 289 g/mol. The normalized spacial score (nSPS) is 20.1. The molecular weight excluding hydrogens is 274 g/mol. The van der Waals surface area contributed by atoms with Crippen molar-refractivity contribution in [3.05, 3.63) is 24.0 Å². The molecule has 7 heteroatoms. The summed E-state index contributed by atoms with van der Waals surface area (Å²) in [5, 5.41) is 7.34. The number of benzene rings is 1. The van der Waals surface area contributed by atoms with Crippen LogP contribution in [0.3, 0.4) is 0 Å². The number of nitrogens with one attached hydrogen (secondary N) is 1. The SMILES string of the molecule is c1cc2c(cc1-c1nc(CNC3CCOC3)no1)OCO2. The molecule has 0 bridgehead atoms. The van der Waals surface area contributed by atoms with E-state index in [-0.39, 0.29) is 6.79 Å². The molecule has 0 saturated carbocycles. The maximum Gasteiger partial charge on any atom is 0.258 e. The van der Waals surface area contributed by atoms with Crippen molar-refractivity contribution in [1.82, 2.24) is 15.5 Å². The molecule has 3 heterocycles. The maximum atomic E-state index is 5.34. The van der Waals surface area contributed by atoms with Gasteiger partial charge in [0.15, 0.2) is 17.3 Å². The highest BCUT2D eigenvalue weighted by molar-refractivity contribution is 5.60. The molecule has 1 N–H and O–H groups in total. The maximum absolute atomic E-state index is 5.34. The fraction of sp³-hybridized carbons (Fsp3) is 0.429. The largest absolute Gasteiger partial charge is 0.454 e. The number of aromatic nitrogens is 2. The minimum atomic E-state index is 0.251. The van der Waals surface area contributed by atoms with Crippen molar-refractivity contribution >= 4 is 0 Å². The summed E-state index contributed by atoms with van der Waals surface area (Å²) in [6, 6.07) is 5.94. The lowest BCUT2D eigenvalue weighted by atomic mass is 10.2. The van der Waals surface area contributed by atoms with E-state index in [1.165, 1.54) is 0 Å². The zero-order chi connectivity index (χ0) is 14.1. The molecule has 0 spiro atoms. The van der Waals surface area contributed by atoms with Gasteiger partial charge in [-0.2, -0.15) is 4.98 Å². The third-order valence-corrected chi connectivity index (χ3v) is 3.57. The van der Waals surface area contributed by atoms with Crippen molar-refractivity contribution in [2.75, 3.05) is 20.0 Å². The van der Waals surface area contributed by atoms with E-state index in [1.807, 2.05) is 18.2 Å². The van der Waals surface area contributed by atoms with E-state index in [0.29, 0.717) is 30.1 Å². The van der Waals surface area contributed by atoms with E-state index in [4.69, 9.17) is 18.7 Å². The molecule has 0 amide bonds. The Morgan fingerprint density at radius 2 is 2.19 bits per heavy atom. The van der Waals surface area contributed by atoms with Crippen LogP contribution in [-0.2, 0) is 11.3 Å². The zero-order valence-corrected chi connectivity index (χ0v) is 11.4. The van der Waals surface area contributed by atoms with Crippen LogP contribution in [0.25, 0.3) is 11.5 Å². The molecule has 1 saturated heterocycles. The fourth-order valence-corrected chi connectivity index (χ4v) is 2.40. The molecule has 4 rings (SSSR count). The van der Waals surface area contributed by atoms with Gasteiger partial charge in [0.05, 0.1) is 13.2 Å². The summed E-state index contributed by atoms with van der Waals surface area (Å²) in [7, 11) is 0. The number of nitrogens with zero attached hydrogens (tertiary/aromatic N) is 2. The third-order valence-electron chi connectivity index (χ3n) is 3.57. The van der Waals surface area contributed by atoms with E-state index < -0.39 is 0 Å². The summed E-state index contributed by atoms with van der Waals surface area (Å²) in [5.41, 5.74) is 0.821. The second-order valence-corrected chi connectivity index (χ2v) is 5.03. The standard InChI is InChI=1S/C14H15N3O4/c1-2-11-12(20-8-19-11)5-9(1)14-16-13(17-21-14)6-15-10-3-4-18-7-10/h1-2,5,10,15H,3-4,6-8H2. The lowest BCUT2D eigenvalue weighted by molar-refractivity contribution is 0.174. The summed E-state index contributed by atoms with van der Waals surface area (Å²) in [6.45, 7) is 2.38. The lowest BCUT2D eigenvalue weighted by Crippen LogP contribution is -2.28. The number of fused-ring (bicyclic) bond motifs is 1. The third kappa shape index (κ3) is 2.57. The molecule has 0 radical (unpaired) electrons. The first-order valence-electron chi connectivity index (χ1n) is 6.92. The number of hydrogen-bond acceptors (Lipinski definition) is 7. The molecule has 1 fully saturated rings. The van der Waals surface area contributed by atoms with Gasteiger partial charge in [0.1, 0.15) is 0 Å². The van der Waals surface area contributed by atoms with Crippen LogP contribution >= 0.6 is 0 Å². The number of ether oxygens (including phenoxy) is 3. The summed E-state index contributed by atoms with van der Waals surface area (Å²) in [4.78, 5) is 4.39. The van der Waals surface area contributed by atoms with Crippen LogP contribution in [0.4, 0.5) is 0 Å². The highest BCUT2D eigenvalue weighted by atomic mass is 16.7. The molecule has 1 aromatic carbocycles. The van der Waals surface area contributed by atoms with Gasteiger partial charge >= 0.3 is 0 Å². The Morgan fingerprint density at radius 3 is 3.10 bits per heavy atom. The van der Waals surface area contributed by atoms with Gasteiger partial charge in [-0.25, -0.2) is 0 Å². The topological polar surface area (TPSA) is 78.6 Å². The molecule has 110 valence electrons. The first-order chi connectivity index (χ1) is 10.4. The van der Waals surface area contributed by atoms with Crippen LogP contribution in [-0.4, -0.2) is 36.2 Å². The molecule has 1 aromatic heterocycles. The first-order valence-corrected chi connectivity index (χ1v) is 6.92. The van der Waals surface area contributed by atoms with Crippen LogP contribution in [0.1, 0.15) is 12.2 Å². The minimum absolute atomic E-state index is 0.251. The summed E-state index contributed by atoms with van der Waals surface area (Å²) >= 11 is 0. The zero-order valence-electron chi connectivity index (χ0n) is 11.4. The van der Waals surface area contributed by atoms with Gasteiger partial charge in [0.25, 0.3) is 5.89 Å². The Labute approximate surface area is 121 Å². The number of rotatable bonds is 4. The first kappa shape index (κ1) is 12.6. The van der Waals surface area contributed by atoms with E-state index in [1.54, 1.807) is 0 Å². The van der Waals surface area contributed by atoms with Crippen LogP contribution in [0.5, 0.6) is 11.5 Å². The molecule has 2 aliphatic rings. The highest BCUT2D eigenvalue weighted by Crippen LogP contribution is 2.35. The summed E-state index contributed by atoms with van der Waals surface area (Å²) < 4.78 is 21.2. The predicted molar refractivity (Wildman–Crippen MR) is 71.9 cm³/mol. The molecule has 1 unspecified atom stereocenters.